The Hall–Kier alpha value is -2.70. The molecule has 1 amide bonds. The van der Waals surface area contributed by atoms with Crippen LogP contribution in [-0.2, 0) is 4.79 Å². The van der Waals surface area contributed by atoms with E-state index in [1.165, 1.54) is 0 Å². The first-order valence-electron chi connectivity index (χ1n) is 9.82. The largest absolute Gasteiger partial charge is 0.437 e. The van der Waals surface area contributed by atoms with E-state index in [-0.39, 0.29) is 5.91 Å². The number of pyridine rings is 1. The number of hydrogen-bond acceptors (Lipinski definition) is 6. The topological polar surface area (TPSA) is 71.5 Å². The van der Waals surface area contributed by atoms with Crippen molar-refractivity contribution < 1.29 is 9.53 Å². The van der Waals surface area contributed by atoms with Gasteiger partial charge in [-0.3, -0.25) is 9.78 Å². The van der Waals surface area contributed by atoms with Crippen LogP contribution in [0.15, 0.2) is 24.7 Å². The van der Waals surface area contributed by atoms with E-state index in [0.717, 1.165) is 36.5 Å². The van der Waals surface area contributed by atoms with Gasteiger partial charge in [0.25, 0.3) is 0 Å². The predicted octanol–water partition coefficient (Wildman–Crippen LogP) is 2.97. The van der Waals surface area contributed by atoms with Crippen LogP contribution in [-0.4, -0.2) is 52.4 Å². The van der Waals surface area contributed by atoms with E-state index < -0.39 is 0 Å². The number of carbonyl (C=O) groups excluding carboxylic acids is 1. The predicted molar refractivity (Wildman–Crippen MR) is 106 cm³/mol. The normalized spacial score (nSPS) is 24.2. The Morgan fingerprint density at radius 1 is 1.18 bits per heavy atom. The fraction of sp³-hybridized carbons (Fsp3) is 0.524. The molecule has 0 N–H and O–H groups in total. The number of aromatic nitrogens is 3. The van der Waals surface area contributed by atoms with Crippen LogP contribution < -0.4 is 9.64 Å². The number of ether oxygens (including phenoxy) is 1. The summed E-state index contributed by atoms with van der Waals surface area (Å²) in [7, 11) is 4.00. The van der Waals surface area contributed by atoms with E-state index in [2.05, 4.69) is 26.9 Å². The summed E-state index contributed by atoms with van der Waals surface area (Å²) in [4.78, 5) is 29.3. The fourth-order valence-electron chi connectivity index (χ4n) is 4.54. The van der Waals surface area contributed by atoms with Crippen molar-refractivity contribution in [2.75, 3.05) is 25.5 Å². The summed E-state index contributed by atoms with van der Waals surface area (Å²) in [5, 5.41) is 0. The maximum Gasteiger partial charge on any atom is 0.227 e. The molecular formula is C21H27N5O2. The molecule has 1 aliphatic carbocycles. The molecule has 1 saturated heterocycles. The molecule has 2 aromatic rings. The van der Waals surface area contributed by atoms with Crippen molar-refractivity contribution in [2.24, 2.45) is 11.8 Å². The Bertz CT molecular complexity index is 887. The summed E-state index contributed by atoms with van der Waals surface area (Å²) in [6.45, 7) is 4.77. The standard InChI is InChI=1S/C21H27N5O2/c1-13-20(23-12-24-21(13)28-18-6-5-7-22-14(18)2)26(4)17-8-15-10-19(27)25(3)11-16(15)9-17/h5-7,12,15-17H,8-11H2,1-4H3/t15-,16+,17-/m0/s1. The minimum atomic E-state index is 0.269. The number of likely N-dealkylation sites (tertiary alicyclic amines) is 1. The zero-order valence-corrected chi connectivity index (χ0v) is 16.9. The molecule has 4 rings (SSSR count). The van der Waals surface area contributed by atoms with Crippen LogP contribution in [0.1, 0.15) is 30.5 Å². The van der Waals surface area contributed by atoms with Gasteiger partial charge in [0.15, 0.2) is 5.75 Å². The highest BCUT2D eigenvalue weighted by Gasteiger charge is 2.42. The highest BCUT2D eigenvalue weighted by atomic mass is 16.5. The number of anilines is 1. The third kappa shape index (κ3) is 3.41. The molecule has 148 valence electrons. The van der Waals surface area contributed by atoms with Crippen molar-refractivity contribution in [1.82, 2.24) is 19.9 Å². The van der Waals surface area contributed by atoms with E-state index in [0.29, 0.717) is 35.9 Å². The maximum absolute atomic E-state index is 12.1. The first-order chi connectivity index (χ1) is 13.4. The minimum absolute atomic E-state index is 0.269. The monoisotopic (exact) mass is 381 g/mol. The molecule has 0 spiro atoms. The summed E-state index contributed by atoms with van der Waals surface area (Å²) in [6.07, 6.45) is 6.08. The van der Waals surface area contributed by atoms with E-state index in [9.17, 15) is 4.79 Å². The Morgan fingerprint density at radius 3 is 2.75 bits per heavy atom. The zero-order valence-electron chi connectivity index (χ0n) is 16.9. The van der Waals surface area contributed by atoms with Crippen molar-refractivity contribution >= 4 is 11.7 Å². The second-order valence-corrected chi connectivity index (χ2v) is 8.05. The number of hydrogen-bond donors (Lipinski definition) is 0. The van der Waals surface area contributed by atoms with Gasteiger partial charge in [-0.25, -0.2) is 9.97 Å². The van der Waals surface area contributed by atoms with Crippen LogP contribution in [0.4, 0.5) is 5.82 Å². The molecule has 0 radical (unpaired) electrons. The molecule has 7 heteroatoms. The maximum atomic E-state index is 12.1. The minimum Gasteiger partial charge on any atom is -0.437 e. The Morgan fingerprint density at radius 2 is 1.96 bits per heavy atom. The molecule has 1 saturated carbocycles. The fourth-order valence-corrected chi connectivity index (χ4v) is 4.54. The summed E-state index contributed by atoms with van der Waals surface area (Å²) >= 11 is 0. The molecule has 0 bridgehead atoms. The van der Waals surface area contributed by atoms with Crippen molar-refractivity contribution in [3.05, 3.63) is 35.9 Å². The van der Waals surface area contributed by atoms with Crippen molar-refractivity contribution in [3.8, 4) is 11.6 Å². The SMILES string of the molecule is Cc1ncccc1Oc1ncnc(N(C)[C@H]2C[C@H]3CC(=O)N(C)C[C@H]3C2)c1C. The molecule has 0 aromatic carbocycles. The van der Waals surface area contributed by atoms with Gasteiger partial charge in [0.2, 0.25) is 11.8 Å². The van der Waals surface area contributed by atoms with Gasteiger partial charge in [-0.1, -0.05) is 0 Å². The number of rotatable bonds is 4. The number of carbonyl (C=O) groups is 1. The van der Waals surface area contributed by atoms with Crippen LogP contribution in [0.2, 0.25) is 0 Å². The van der Waals surface area contributed by atoms with Crippen LogP contribution in [0.25, 0.3) is 0 Å². The van der Waals surface area contributed by atoms with Crippen LogP contribution in [0, 0.1) is 25.7 Å². The first kappa shape index (κ1) is 18.7. The Balaban J connectivity index is 1.53. The lowest BCUT2D eigenvalue weighted by Crippen LogP contribution is -2.39. The second-order valence-electron chi connectivity index (χ2n) is 8.05. The molecule has 3 heterocycles. The molecule has 2 aliphatic rings. The van der Waals surface area contributed by atoms with Gasteiger partial charge in [-0.2, -0.15) is 0 Å². The third-order valence-corrected chi connectivity index (χ3v) is 6.25. The third-order valence-electron chi connectivity index (χ3n) is 6.25. The summed E-state index contributed by atoms with van der Waals surface area (Å²) in [5.74, 6) is 3.46. The number of aryl methyl sites for hydroxylation is 1. The van der Waals surface area contributed by atoms with Gasteiger partial charge in [-0.05, 0) is 50.7 Å². The summed E-state index contributed by atoms with van der Waals surface area (Å²) in [6, 6.07) is 4.11. The second kappa shape index (κ2) is 7.37. The zero-order chi connectivity index (χ0) is 19.8. The molecule has 2 aromatic heterocycles. The van der Waals surface area contributed by atoms with Crippen molar-refractivity contribution in [3.63, 3.8) is 0 Å². The highest BCUT2D eigenvalue weighted by Crippen LogP contribution is 2.41. The van der Waals surface area contributed by atoms with Gasteiger partial charge in [0.05, 0.1) is 11.3 Å². The summed E-state index contributed by atoms with van der Waals surface area (Å²) < 4.78 is 6.02. The van der Waals surface area contributed by atoms with E-state index in [4.69, 9.17) is 4.74 Å². The molecular weight excluding hydrogens is 354 g/mol. The van der Waals surface area contributed by atoms with Gasteiger partial charge in [0, 0.05) is 39.3 Å². The lowest BCUT2D eigenvalue weighted by molar-refractivity contribution is -0.134. The average molecular weight is 381 g/mol. The van der Waals surface area contributed by atoms with Crippen LogP contribution in [0.5, 0.6) is 11.6 Å². The molecule has 1 aliphatic heterocycles. The number of nitrogens with zero attached hydrogens (tertiary/aromatic N) is 5. The molecule has 28 heavy (non-hydrogen) atoms. The van der Waals surface area contributed by atoms with Gasteiger partial charge in [-0.15, -0.1) is 0 Å². The quantitative estimate of drug-likeness (QED) is 0.811. The smallest absolute Gasteiger partial charge is 0.227 e. The lowest BCUT2D eigenvalue weighted by atomic mass is 9.88. The molecule has 3 atom stereocenters. The number of fused-ring (bicyclic) bond motifs is 1. The van der Waals surface area contributed by atoms with Crippen LogP contribution >= 0.6 is 0 Å². The molecule has 7 nitrogen and oxygen atoms in total. The summed E-state index contributed by atoms with van der Waals surface area (Å²) in [5.41, 5.74) is 1.74. The van der Waals surface area contributed by atoms with Gasteiger partial charge < -0.3 is 14.5 Å². The lowest BCUT2D eigenvalue weighted by Gasteiger charge is -2.31. The van der Waals surface area contributed by atoms with E-state index >= 15 is 0 Å². The van der Waals surface area contributed by atoms with Crippen molar-refractivity contribution in [2.45, 2.75) is 39.2 Å². The highest BCUT2D eigenvalue weighted by molar-refractivity contribution is 5.77. The first-order valence-corrected chi connectivity index (χ1v) is 9.82. The Kier molecular flexibility index (Phi) is 4.91. The van der Waals surface area contributed by atoms with Gasteiger partial charge >= 0.3 is 0 Å². The average Bonchev–Trinajstić information content (AvgIpc) is 3.07. The molecule has 2 fully saturated rings. The van der Waals surface area contributed by atoms with Gasteiger partial charge in [0.1, 0.15) is 12.1 Å². The number of amides is 1. The van der Waals surface area contributed by atoms with E-state index in [1.807, 2.05) is 37.9 Å². The van der Waals surface area contributed by atoms with Crippen molar-refractivity contribution in [1.29, 1.82) is 0 Å². The number of piperidine rings is 1. The van der Waals surface area contributed by atoms with Crippen LogP contribution in [0.3, 0.4) is 0 Å². The van der Waals surface area contributed by atoms with E-state index in [1.54, 1.807) is 12.5 Å². The Labute approximate surface area is 165 Å². The molecule has 0 unspecified atom stereocenters.